The summed E-state index contributed by atoms with van der Waals surface area (Å²) in [6, 6.07) is 7.69. The van der Waals surface area contributed by atoms with Gasteiger partial charge < -0.3 is 10.4 Å². The van der Waals surface area contributed by atoms with E-state index in [0.29, 0.717) is 6.54 Å². The van der Waals surface area contributed by atoms with Gasteiger partial charge in [0.2, 0.25) is 5.91 Å². The maximum atomic E-state index is 11.9. The topological polar surface area (TPSA) is 49.3 Å². The van der Waals surface area contributed by atoms with Gasteiger partial charge in [0.15, 0.2) is 0 Å². The van der Waals surface area contributed by atoms with Crippen LogP contribution in [0.1, 0.15) is 31.4 Å². The summed E-state index contributed by atoms with van der Waals surface area (Å²) in [5, 5.41) is 11.6. The van der Waals surface area contributed by atoms with E-state index in [-0.39, 0.29) is 23.8 Å². The van der Waals surface area contributed by atoms with Gasteiger partial charge in [0.25, 0.3) is 0 Å². The van der Waals surface area contributed by atoms with Crippen LogP contribution in [0.15, 0.2) is 24.3 Å². The smallest absolute Gasteiger partial charge is 0.223 e. The van der Waals surface area contributed by atoms with Crippen LogP contribution in [-0.2, 0) is 11.3 Å². The predicted molar refractivity (Wildman–Crippen MR) is 74.1 cm³/mol. The largest absolute Gasteiger partial charge is 0.384 e. The molecule has 0 heterocycles. The maximum absolute atomic E-state index is 11.9. The molecule has 3 heteroatoms. The van der Waals surface area contributed by atoms with E-state index < -0.39 is 0 Å². The molecule has 1 amide bonds. The second-order valence-corrected chi connectivity index (χ2v) is 5.62. The highest BCUT2D eigenvalue weighted by atomic mass is 16.2. The number of carbonyl (C=O) groups excluding carboxylic acids is 1. The van der Waals surface area contributed by atoms with Crippen molar-refractivity contribution in [2.24, 2.45) is 11.3 Å². The fourth-order valence-electron chi connectivity index (χ4n) is 2.13. The number of hydrogen-bond donors (Lipinski definition) is 2. The molecule has 2 rings (SSSR count). The van der Waals surface area contributed by atoms with Gasteiger partial charge in [-0.05, 0) is 29.5 Å². The van der Waals surface area contributed by atoms with Crippen LogP contribution in [0, 0.1) is 23.2 Å². The average Bonchev–Trinajstić information content (AvgIpc) is 3.03. The number of hydrogen-bond acceptors (Lipinski definition) is 2. The summed E-state index contributed by atoms with van der Waals surface area (Å²) in [5.74, 6) is 5.76. The van der Waals surface area contributed by atoms with Crippen molar-refractivity contribution in [3.63, 3.8) is 0 Å². The van der Waals surface area contributed by atoms with E-state index in [2.05, 4.69) is 31.0 Å². The van der Waals surface area contributed by atoms with Gasteiger partial charge in [-0.1, -0.05) is 37.8 Å². The summed E-state index contributed by atoms with van der Waals surface area (Å²) in [5.41, 5.74) is 2.04. The van der Waals surface area contributed by atoms with Crippen LogP contribution in [0.5, 0.6) is 0 Å². The minimum absolute atomic E-state index is 0.136. The van der Waals surface area contributed by atoms with E-state index in [1.54, 1.807) is 0 Å². The van der Waals surface area contributed by atoms with E-state index in [0.717, 1.165) is 17.5 Å². The molecule has 1 atom stereocenters. The van der Waals surface area contributed by atoms with E-state index in [1.165, 1.54) is 0 Å². The van der Waals surface area contributed by atoms with Gasteiger partial charge in [-0.3, -0.25) is 4.79 Å². The second kappa shape index (κ2) is 5.46. The third-order valence-corrected chi connectivity index (χ3v) is 3.54. The van der Waals surface area contributed by atoms with Crippen molar-refractivity contribution in [3.8, 4) is 11.8 Å². The van der Waals surface area contributed by atoms with Gasteiger partial charge in [0, 0.05) is 18.0 Å². The lowest BCUT2D eigenvalue weighted by molar-refractivity contribution is -0.123. The Morgan fingerprint density at radius 3 is 2.89 bits per heavy atom. The first-order valence-electron chi connectivity index (χ1n) is 6.49. The molecule has 3 nitrogen and oxygen atoms in total. The summed E-state index contributed by atoms with van der Waals surface area (Å²) >= 11 is 0. The van der Waals surface area contributed by atoms with Gasteiger partial charge in [-0.15, -0.1) is 0 Å². The standard InChI is InChI=1S/C16H19NO2/c1-16(2)10-14(16)15(19)17-11-13-6-3-5-12(9-13)7-4-8-18/h3,5-6,9,14,18H,8,10-11H2,1-2H3,(H,17,19). The van der Waals surface area contributed by atoms with Crippen molar-refractivity contribution >= 4 is 5.91 Å². The molecule has 19 heavy (non-hydrogen) atoms. The quantitative estimate of drug-likeness (QED) is 0.810. The molecule has 1 unspecified atom stereocenters. The Morgan fingerprint density at radius 1 is 1.53 bits per heavy atom. The molecule has 1 aromatic rings. The first-order valence-corrected chi connectivity index (χ1v) is 6.49. The van der Waals surface area contributed by atoms with Crippen molar-refractivity contribution in [2.45, 2.75) is 26.8 Å². The predicted octanol–water partition coefficient (Wildman–Crippen LogP) is 1.69. The zero-order valence-electron chi connectivity index (χ0n) is 11.4. The molecule has 1 aliphatic rings. The monoisotopic (exact) mass is 257 g/mol. The number of amides is 1. The third kappa shape index (κ3) is 3.59. The Labute approximate surface area is 114 Å². The Bertz CT molecular complexity index is 537. The molecule has 1 fully saturated rings. The van der Waals surface area contributed by atoms with Crippen molar-refractivity contribution in [2.75, 3.05) is 6.61 Å². The van der Waals surface area contributed by atoms with Gasteiger partial charge in [0.05, 0.1) is 0 Å². The van der Waals surface area contributed by atoms with Crippen LogP contribution >= 0.6 is 0 Å². The second-order valence-electron chi connectivity index (χ2n) is 5.62. The van der Waals surface area contributed by atoms with Crippen LogP contribution in [0.4, 0.5) is 0 Å². The first kappa shape index (κ1) is 13.6. The molecule has 2 N–H and O–H groups in total. The molecular formula is C16H19NO2. The van der Waals surface area contributed by atoms with E-state index >= 15 is 0 Å². The maximum Gasteiger partial charge on any atom is 0.223 e. The van der Waals surface area contributed by atoms with Crippen LogP contribution < -0.4 is 5.32 Å². The van der Waals surface area contributed by atoms with Crippen LogP contribution in [0.25, 0.3) is 0 Å². The third-order valence-electron chi connectivity index (χ3n) is 3.54. The zero-order chi connectivity index (χ0) is 13.9. The fourth-order valence-corrected chi connectivity index (χ4v) is 2.13. The lowest BCUT2D eigenvalue weighted by Crippen LogP contribution is -2.26. The zero-order valence-corrected chi connectivity index (χ0v) is 11.4. The molecule has 1 saturated carbocycles. The minimum atomic E-state index is -0.141. The SMILES string of the molecule is CC1(C)CC1C(=O)NCc1cccc(C#CCO)c1. The highest BCUT2D eigenvalue weighted by Crippen LogP contribution is 2.51. The molecule has 0 aromatic heterocycles. The fraction of sp³-hybridized carbons (Fsp3) is 0.438. The molecule has 1 aromatic carbocycles. The Hall–Kier alpha value is -1.79. The Balaban J connectivity index is 1.91. The normalized spacial score (nSPS) is 19.2. The van der Waals surface area contributed by atoms with E-state index in [1.807, 2.05) is 24.3 Å². The number of rotatable bonds is 3. The highest BCUT2D eigenvalue weighted by Gasteiger charge is 2.50. The molecular weight excluding hydrogens is 238 g/mol. The van der Waals surface area contributed by atoms with Crippen molar-refractivity contribution in [1.29, 1.82) is 0 Å². The summed E-state index contributed by atoms with van der Waals surface area (Å²) in [4.78, 5) is 11.9. The molecule has 100 valence electrons. The average molecular weight is 257 g/mol. The summed E-state index contributed by atoms with van der Waals surface area (Å²) in [6.45, 7) is 4.61. The van der Waals surface area contributed by atoms with Gasteiger partial charge in [-0.25, -0.2) is 0 Å². The van der Waals surface area contributed by atoms with E-state index in [4.69, 9.17) is 5.11 Å². The Morgan fingerprint density at radius 2 is 2.26 bits per heavy atom. The summed E-state index contributed by atoms with van der Waals surface area (Å²) in [7, 11) is 0. The molecule has 0 aliphatic heterocycles. The summed E-state index contributed by atoms with van der Waals surface area (Å²) in [6.07, 6.45) is 0.973. The molecule has 1 aliphatic carbocycles. The van der Waals surface area contributed by atoms with Gasteiger partial charge in [-0.2, -0.15) is 0 Å². The summed E-state index contributed by atoms with van der Waals surface area (Å²) < 4.78 is 0. The minimum Gasteiger partial charge on any atom is -0.384 e. The van der Waals surface area contributed by atoms with Gasteiger partial charge in [0.1, 0.15) is 6.61 Å². The van der Waals surface area contributed by atoms with Crippen LogP contribution in [-0.4, -0.2) is 17.6 Å². The van der Waals surface area contributed by atoms with Crippen LogP contribution in [0.3, 0.4) is 0 Å². The molecule has 0 bridgehead atoms. The van der Waals surface area contributed by atoms with E-state index in [9.17, 15) is 4.79 Å². The molecule has 0 radical (unpaired) electrons. The number of aliphatic hydroxyl groups excluding tert-OH is 1. The number of carbonyl (C=O) groups is 1. The lowest BCUT2D eigenvalue weighted by Gasteiger charge is -2.07. The number of nitrogens with one attached hydrogen (secondary N) is 1. The highest BCUT2D eigenvalue weighted by molar-refractivity contribution is 5.82. The van der Waals surface area contributed by atoms with Crippen molar-refractivity contribution < 1.29 is 9.90 Å². The van der Waals surface area contributed by atoms with Crippen molar-refractivity contribution in [3.05, 3.63) is 35.4 Å². The molecule has 0 spiro atoms. The van der Waals surface area contributed by atoms with Gasteiger partial charge >= 0.3 is 0 Å². The Kier molecular flexibility index (Phi) is 3.92. The number of benzene rings is 1. The first-order chi connectivity index (χ1) is 9.03. The lowest BCUT2D eigenvalue weighted by atomic mass is 10.1. The number of aliphatic hydroxyl groups is 1. The molecule has 0 saturated heterocycles. The van der Waals surface area contributed by atoms with Crippen molar-refractivity contribution in [1.82, 2.24) is 5.32 Å². The van der Waals surface area contributed by atoms with Crippen LogP contribution in [0.2, 0.25) is 0 Å².